The van der Waals surface area contributed by atoms with Crippen LogP contribution in [0.1, 0.15) is 24.3 Å². The molecule has 1 aromatic carbocycles. The van der Waals surface area contributed by atoms with E-state index >= 15 is 0 Å². The van der Waals surface area contributed by atoms with Crippen molar-refractivity contribution >= 4 is 5.97 Å². The summed E-state index contributed by atoms with van der Waals surface area (Å²) in [7, 11) is 1.44. The minimum absolute atomic E-state index is 0.192. The zero-order valence-electron chi connectivity index (χ0n) is 12.0. The first-order chi connectivity index (χ1) is 9.74. The average Bonchev–Trinajstić information content (AvgIpc) is 2.53. The van der Waals surface area contributed by atoms with Crippen molar-refractivity contribution in [2.75, 3.05) is 33.4 Å². The quantitative estimate of drug-likeness (QED) is 0.831. The molecule has 110 valence electrons. The van der Waals surface area contributed by atoms with Crippen molar-refractivity contribution < 1.29 is 14.6 Å². The molecule has 0 aliphatic carbocycles. The largest absolute Gasteiger partial charge is 0.469 e. The van der Waals surface area contributed by atoms with Crippen LogP contribution < -0.4 is 0 Å². The molecule has 0 saturated carbocycles. The molecule has 2 rings (SSSR count). The lowest BCUT2D eigenvalue weighted by molar-refractivity contribution is -0.143. The van der Waals surface area contributed by atoms with Gasteiger partial charge in [-0.05, 0) is 30.9 Å². The Hall–Kier alpha value is -1.39. The molecule has 0 radical (unpaired) electrons. The van der Waals surface area contributed by atoms with Crippen LogP contribution in [0.5, 0.6) is 0 Å². The molecule has 1 heterocycles. The van der Waals surface area contributed by atoms with E-state index in [0.717, 1.165) is 31.5 Å². The topological polar surface area (TPSA) is 49.8 Å². The Balaban J connectivity index is 2.06. The van der Waals surface area contributed by atoms with Crippen LogP contribution in [0.3, 0.4) is 0 Å². The number of rotatable bonds is 5. The van der Waals surface area contributed by atoms with Crippen molar-refractivity contribution in [2.24, 2.45) is 5.92 Å². The highest BCUT2D eigenvalue weighted by Gasteiger charge is 2.27. The molecular weight excluding hydrogens is 254 g/mol. The number of piperidine rings is 1. The van der Waals surface area contributed by atoms with Crippen LogP contribution in [0.4, 0.5) is 0 Å². The molecule has 1 aliphatic heterocycles. The Kier molecular flexibility index (Phi) is 5.56. The van der Waals surface area contributed by atoms with Crippen molar-refractivity contribution in [2.45, 2.75) is 18.8 Å². The van der Waals surface area contributed by atoms with Crippen LogP contribution in [-0.2, 0) is 9.53 Å². The first-order valence-electron chi connectivity index (χ1n) is 7.20. The number of esters is 1. The number of methoxy groups -OCH3 is 1. The first kappa shape index (κ1) is 15.0. The fraction of sp³-hybridized carbons (Fsp3) is 0.562. The third kappa shape index (κ3) is 3.81. The van der Waals surface area contributed by atoms with Crippen LogP contribution in [0, 0.1) is 5.92 Å². The number of likely N-dealkylation sites (tertiary alicyclic amines) is 1. The van der Waals surface area contributed by atoms with Gasteiger partial charge >= 0.3 is 5.97 Å². The predicted molar refractivity (Wildman–Crippen MR) is 77.4 cm³/mol. The van der Waals surface area contributed by atoms with E-state index in [1.54, 1.807) is 0 Å². The minimum atomic E-state index is -0.251. The molecule has 0 bridgehead atoms. The summed E-state index contributed by atoms with van der Waals surface area (Å²) in [6.07, 6.45) is 2.15. The Morgan fingerprint density at radius 2 is 2.20 bits per heavy atom. The van der Waals surface area contributed by atoms with E-state index in [1.807, 2.05) is 30.3 Å². The number of hydrogen-bond donors (Lipinski definition) is 1. The molecule has 1 fully saturated rings. The zero-order valence-corrected chi connectivity index (χ0v) is 12.0. The molecule has 2 unspecified atom stereocenters. The van der Waals surface area contributed by atoms with Crippen LogP contribution >= 0.6 is 0 Å². The van der Waals surface area contributed by atoms with E-state index in [2.05, 4.69) is 4.90 Å². The van der Waals surface area contributed by atoms with Gasteiger partial charge in [0.05, 0.1) is 13.0 Å². The zero-order chi connectivity index (χ0) is 14.4. The van der Waals surface area contributed by atoms with E-state index < -0.39 is 0 Å². The fourth-order valence-corrected chi connectivity index (χ4v) is 2.87. The molecule has 1 N–H and O–H groups in total. The summed E-state index contributed by atoms with van der Waals surface area (Å²) in [5, 5.41) is 9.30. The predicted octanol–water partition coefficient (Wildman–Crippen LogP) is 1.65. The van der Waals surface area contributed by atoms with Gasteiger partial charge in [0.2, 0.25) is 0 Å². The maximum Gasteiger partial charge on any atom is 0.314 e. The van der Waals surface area contributed by atoms with E-state index in [4.69, 9.17) is 4.74 Å². The minimum Gasteiger partial charge on any atom is -0.469 e. The standard InChI is InChI=1S/C16H23NO3/c1-20-16(19)15(14-7-3-2-4-8-14)11-17-9-5-6-13(10-17)12-18/h2-4,7-8,13,15,18H,5-6,9-12H2,1H3. The lowest BCUT2D eigenvalue weighted by Crippen LogP contribution is -2.40. The van der Waals surface area contributed by atoms with E-state index in [1.165, 1.54) is 7.11 Å². The summed E-state index contributed by atoms with van der Waals surface area (Å²) < 4.78 is 4.95. The third-order valence-electron chi connectivity index (χ3n) is 3.99. The van der Waals surface area contributed by atoms with E-state index in [-0.39, 0.29) is 18.5 Å². The summed E-state index contributed by atoms with van der Waals surface area (Å²) in [5.74, 6) is -0.112. The molecule has 0 aromatic heterocycles. The highest BCUT2D eigenvalue weighted by atomic mass is 16.5. The SMILES string of the molecule is COC(=O)C(CN1CCCC(CO)C1)c1ccccc1. The van der Waals surface area contributed by atoms with Gasteiger partial charge in [-0.15, -0.1) is 0 Å². The van der Waals surface area contributed by atoms with Gasteiger partial charge in [0, 0.05) is 19.7 Å². The Labute approximate surface area is 120 Å². The Bertz CT molecular complexity index is 421. The fourth-order valence-electron chi connectivity index (χ4n) is 2.87. The van der Waals surface area contributed by atoms with Gasteiger partial charge in [-0.25, -0.2) is 0 Å². The van der Waals surface area contributed by atoms with Gasteiger partial charge in [-0.3, -0.25) is 4.79 Å². The number of hydrogen-bond acceptors (Lipinski definition) is 4. The molecule has 1 saturated heterocycles. The number of carbonyl (C=O) groups is 1. The molecule has 0 spiro atoms. The summed E-state index contributed by atoms with van der Waals surface area (Å²) >= 11 is 0. The van der Waals surface area contributed by atoms with Crippen LogP contribution in [0.2, 0.25) is 0 Å². The van der Waals surface area contributed by atoms with Gasteiger partial charge in [0.15, 0.2) is 0 Å². The average molecular weight is 277 g/mol. The second-order valence-electron chi connectivity index (χ2n) is 5.44. The smallest absolute Gasteiger partial charge is 0.314 e. The summed E-state index contributed by atoms with van der Waals surface area (Å²) in [6.45, 7) is 2.73. The number of aliphatic hydroxyl groups excluding tert-OH is 1. The molecule has 4 heteroatoms. The second-order valence-corrected chi connectivity index (χ2v) is 5.44. The lowest BCUT2D eigenvalue weighted by atomic mass is 9.94. The lowest BCUT2D eigenvalue weighted by Gasteiger charge is -2.33. The van der Waals surface area contributed by atoms with Crippen molar-refractivity contribution in [3.05, 3.63) is 35.9 Å². The van der Waals surface area contributed by atoms with Crippen molar-refractivity contribution in [3.8, 4) is 0 Å². The summed E-state index contributed by atoms with van der Waals surface area (Å²) in [5.41, 5.74) is 0.991. The van der Waals surface area contributed by atoms with Gasteiger partial charge < -0.3 is 14.7 Å². The van der Waals surface area contributed by atoms with E-state index in [0.29, 0.717) is 12.5 Å². The number of carbonyl (C=O) groups excluding carboxylic acids is 1. The molecule has 4 nitrogen and oxygen atoms in total. The number of nitrogens with zero attached hydrogens (tertiary/aromatic N) is 1. The van der Waals surface area contributed by atoms with Crippen LogP contribution in [-0.4, -0.2) is 49.3 Å². The van der Waals surface area contributed by atoms with Gasteiger partial charge in [-0.2, -0.15) is 0 Å². The van der Waals surface area contributed by atoms with Crippen molar-refractivity contribution in [1.29, 1.82) is 0 Å². The van der Waals surface area contributed by atoms with Crippen molar-refractivity contribution in [1.82, 2.24) is 4.90 Å². The number of ether oxygens (including phenoxy) is 1. The highest BCUT2D eigenvalue weighted by Crippen LogP contribution is 2.22. The molecular formula is C16H23NO3. The summed E-state index contributed by atoms with van der Waals surface area (Å²) in [6, 6.07) is 9.76. The molecule has 20 heavy (non-hydrogen) atoms. The van der Waals surface area contributed by atoms with Gasteiger partial charge in [0.1, 0.15) is 0 Å². The van der Waals surface area contributed by atoms with Crippen molar-refractivity contribution in [3.63, 3.8) is 0 Å². The number of aliphatic hydroxyl groups is 1. The van der Waals surface area contributed by atoms with Gasteiger partial charge in [0.25, 0.3) is 0 Å². The third-order valence-corrected chi connectivity index (χ3v) is 3.99. The summed E-state index contributed by atoms with van der Waals surface area (Å²) in [4.78, 5) is 14.3. The molecule has 2 atom stereocenters. The van der Waals surface area contributed by atoms with Crippen LogP contribution in [0.15, 0.2) is 30.3 Å². The van der Waals surface area contributed by atoms with Gasteiger partial charge in [-0.1, -0.05) is 30.3 Å². The molecule has 0 amide bonds. The second kappa shape index (κ2) is 7.41. The molecule has 1 aromatic rings. The Morgan fingerprint density at radius 3 is 2.85 bits per heavy atom. The normalized spacial score (nSPS) is 21.4. The Morgan fingerprint density at radius 1 is 1.45 bits per heavy atom. The highest BCUT2D eigenvalue weighted by molar-refractivity contribution is 5.78. The maximum absolute atomic E-state index is 12.0. The monoisotopic (exact) mass is 277 g/mol. The van der Waals surface area contributed by atoms with E-state index in [9.17, 15) is 9.90 Å². The van der Waals surface area contributed by atoms with Crippen LogP contribution in [0.25, 0.3) is 0 Å². The molecule has 1 aliphatic rings. The first-order valence-corrected chi connectivity index (χ1v) is 7.20. The number of benzene rings is 1. The maximum atomic E-state index is 12.0.